The van der Waals surface area contributed by atoms with Crippen molar-refractivity contribution in [2.45, 2.75) is 38.1 Å². The first-order chi connectivity index (χ1) is 7.22. The van der Waals surface area contributed by atoms with Crippen molar-refractivity contribution >= 4 is 0 Å². The second-order valence-corrected chi connectivity index (χ2v) is 5.34. The molecule has 2 N–H and O–H groups in total. The summed E-state index contributed by atoms with van der Waals surface area (Å²) in [4.78, 5) is 2.54. The molecule has 3 heteroatoms. The smallest absolute Gasteiger partial charge is 0.0659 e. The lowest BCUT2D eigenvalue weighted by molar-refractivity contribution is 0.159. The largest absolute Gasteiger partial charge is 0.379 e. The van der Waals surface area contributed by atoms with Crippen molar-refractivity contribution in [1.82, 2.24) is 4.90 Å². The standard InChI is InChI=1S/C12H24N2O/c1-2-3-11-4-6-14(8-11)9-12(13)5-7-15-10-12/h11H,2-10,13H2,1H3. The molecule has 2 unspecified atom stereocenters. The molecule has 0 aromatic carbocycles. The predicted octanol–water partition coefficient (Wildman–Crippen LogP) is 1.23. The summed E-state index contributed by atoms with van der Waals surface area (Å²) < 4.78 is 5.39. The molecular formula is C12H24N2O. The molecule has 0 radical (unpaired) electrons. The van der Waals surface area contributed by atoms with Crippen molar-refractivity contribution in [3.05, 3.63) is 0 Å². The number of nitrogens with zero attached hydrogens (tertiary/aromatic N) is 1. The third-order valence-electron chi connectivity index (χ3n) is 3.74. The summed E-state index contributed by atoms with van der Waals surface area (Å²) in [6.45, 7) is 7.41. The molecule has 2 rings (SSSR count). The highest BCUT2D eigenvalue weighted by molar-refractivity contribution is 4.92. The quantitative estimate of drug-likeness (QED) is 0.761. The molecule has 0 aromatic heterocycles. The Hall–Kier alpha value is -0.120. The first kappa shape index (κ1) is 11.4. The summed E-state index contributed by atoms with van der Waals surface area (Å²) >= 11 is 0. The van der Waals surface area contributed by atoms with Crippen molar-refractivity contribution in [2.24, 2.45) is 11.7 Å². The lowest BCUT2D eigenvalue weighted by Crippen LogP contribution is -2.50. The van der Waals surface area contributed by atoms with Gasteiger partial charge in [-0.25, -0.2) is 0 Å². The highest BCUT2D eigenvalue weighted by Gasteiger charge is 2.34. The Morgan fingerprint density at radius 2 is 2.40 bits per heavy atom. The molecule has 2 heterocycles. The van der Waals surface area contributed by atoms with E-state index in [0.29, 0.717) is 0 Å². The van der Waals surface area contributed by atoms with Crippen molar-refractivity contribution in [3.8, 4) is 0 Å². The van der Waals surface area contributed by atoms with Gasteiger partial charge in [-0.3, -0.25) is 0 Å². The molecule has 0 saturated carbocycles. The fraction of sp³-hybridized carbons (Fsp3) is 1.00. The van der Waals surface area contributed by atoms with Gasteiger partial charge < -0.3 is 15.4 Å². The van der Waals surface area contributed by atoms with Gasteiger partial charge in [0.1, 0.15) is 0 Å². The fourth-order valence-corrected chi connectivity index (χ4v) is 2.89. The third kappa shape index (κ3) is 2.92. The van der Waals surface area contributed by atoms with Gasteiger partial charge in [-0.05, 0) is 31.7 Å². The fourth-order valence-electron chi connectivity index (χ4n) is 2.89. The van der Waals surface area contributed by atoms with Gasteiger partial charge in [-0.15, -0.1) is 0 Å². The minimum Gasteiger partial charge on any atom is -0.379 e. The maximum absolute atomic E-state index is 6.29. The van der Waals surface area contributed by atoms with Gasteiger partial charge >= 0.3 is 0 Å². The van der Waals surface area contributed by atoms with Gasteiger partial charge in [-0.1, -0.05) is 13.3 Å². The molecule has 3 nitrogen and oxygen atoms in total. The predicted molar refractivity (Wildman–Crippen MR) is 61.8 cm³/mol. The molecule has 15 heavy (non-hydrogen) atoms. The number of likely N-dealkylation sites (tertiary alicyclic amines) is 1. The lowest BCUT2D eigenvalue weighted by Gasteiger charge is -2.28. The molecule has 2 fully saturated rings. The highest BCUT2D eigenvalue weighted by Crippen LogP contribution is 2.24. The van der Waals surface area contributed by atoms with Crippen LogP contribution in [-0.4, -0.2) is 43.3 Å². The molecule has 2 atom stereocenters. The van der Waals surface area contributed by atoms with Gasteiger partial charge in [-0.2, -0.15) is 0 Å². The Labute approximate surface area is 93.0 Å². The Morgan fingerprint density at radius 3 is 3.07 bits per heavy atom. The second kappa shape index (κ2) is 4.81. The minimum absolute atomic E-state index is 0.0545. The highest BCUT2D eigenvalue weighted by atomic mass is 16.5. The Bertz CT molecular complexity index is 202. The number of ether oxygens (including phenoxy) is 1. The number of rotatable bonds is 4. The van der Waals surface area contributed by atoms with Crippen LogP contribution in [0.3, 0.4) is 0 Å². The van der Waals surface area contributed by atoms with Gasteiger partial charge in [0, 0.05) is 19.7 Å². The van der Waals surface area contributed by atoms with E-state index < -0.39 is 0 Å². The van der Waals surface area contributed by atoms with Gasteiger partial charge in [0.25, 0.3) is 0 Å². The van der Waals surface area contributed by atoms with Crippen molar-refractivity contribution in [3.63, 3.8) is 0 Å². The summed E-state index contributed by atoms with van der Waals surface area (Å²) in [7, 11) is 0. The van der Waals surface area contributed by atoms with E-state index in [-0.39, 0.29) is 5.54 Å². The average Bonchev–Trinajstić information content (AvgIpc) is 2.77. The zero-order valence-corrected chi connectivity index (χ0v) is 9.87. The van der Waals surface area contributed by atoms with E-state index in [1.54, 1.807) is 0 Å². The molecule has 2 aliphatic rings. The van der Waals surface area contributed by atoms with E-state index in [9.17, 15) is 0 Å². The summed E-state index contributed by atoms with van der Waals surface area (Å²) in [5.74, 6) is 0.918. The van der Waals surface area contributed by atoms with Crippen LogP contribution in [0.1, 0.15) is 32.6 Å². The molecule has 0 bridgehead atoms. The zero-order valence-electron chi connectivity index (χ0n) is 9.87. The average molecular weight is 212 g/mol. The number of nitrogens with two attached hydrogens (primary N) is 1. The molecule has 0 spiro atoms. The number of hydrogen-bond donors (Lipinski definition) is 1. The lowest BCUT2D eigenvalue weighted by atomic mass is 9.99. The van der Waals surface area contributed by atoms with Gasteiger partial charge in [0.05, 0.1) is 12.1 Å². The Balaban J connectivity index is 1.76. The van der Waals surface area contributed by atoms with Crippen LogP contribution in [0.15, 0.2) is 0 Å². The van der Waals surface area contributed by atoms with Crippen LogP contribution in [0.25, 0.3) is 0 Å². The van der Waals surface area contributed by atoms with Crippen molar-refractivity contribution < 1.29 is 4.74 Å². The normalized spacial score (nSPS) is 37.6. The van der Waals surface area contributed by atoms with E-state index in [1.165, 1.54) is 32.4 Å². The van der Waals surface area contributed by atoms with Crippen LogP contribution in [0.5, 0.6) is 0 Å². The summed E-state index contributed by atoms with van der Waals surface area (Å²) in [6, 6.07) is 0. The zero-order chi connectivity index (χ0) is 10.7. The molecule has 0 aromatic rings. The van der Waals surface area contributed by atoms with Crippen LogP contribution in [0.4, 0.5) is 0 Å². The molecule has 2 saturated heterocycles. The number of hydrogen-bond acceptors (Lipinski definition) is 3. The van der Waals surface area contributed by atoms with Crippen LogP contribution in [0, 0.1) is 5.92 Å². The van der Waals surface area contributed by atoms with Crippen LogP contribution in [-0.2, 0) is 4.74 Å². The molecule has 0 aliphatic carbocycles. The summed E-state index contributed by atoms with van der Waals surface area (Å²) in [5, 5.41) is 0. The monoisotopic (exact) mass is 212 g/mol. The first-order valence-corrected chi connectivity index (χ1v) is 6.31. The molecule has 88 valence electrons. The summed E-state index contributed by atoms with van der Waals surface area (Å²) in [5.41, 5.74) is 6.24. The Morgan fingerprint density at radius 1 is 1.53 bits per heavy atom. The second-order valence-electron chi connectivity index (χ2n) is 5.34. The van der Waals surface area contributed by atoms with Crippen LogP contribution >= 0.6 is 0 Å². The Kier molecular flexibility index (Phi) is 3.65. The van der Waals surface area contributed by atoms with E-state index in [2.05, 4.69) is 11.8 Å². The first-order valence-electron chi connectivity index (χ1n) is 6.31. The molecule has 0 amide bonds. The summed E-state index contributed by atoms with van der Waals surface area (Å²) in [6.07, 6.45) is 5.09. The molecule has 2 aliphatic heterocycles. The van der Waals surface area contributed by atoms with E-state index in [4.69, 9.17) is 10.5 Å². The topological polar surface area (TPSA) is 38.5 Å². The van der Waals surface area contributed by atoms with Gasteiger partial charge in [0.15, 0.2) is 0 Å². The molecular weight excluding hydrogens is 188 g/mol. The van der Waals surface area contributed by atoms with Crippen LogP contribution < -0.4 is 5.73 Å². The third-order valence-corrected chi connectivity index (χ3v) is 3.74. The van der Waals surface area contributed by atoms with E-state index in [1.807, 2.05) is 0 Å². The SMILES string of the molecule is CCCC1CCN(CC2(N)CCOC2)C1. The van der Waals surface area contributed by atoms with Gasteiger partial charge in [0.2, 0.25) is 0 Å². The van der Waals surface area contributed by atoms with E-state index >= 15 is 0 Å². The van der Waals surface area contributed by atoms with Crippen molar-refractivity contribution in [1.29, 1.82) is 0 Å². The maximum Gasteiger partial charge on any atom is 0.0659 e. The maximum atomic E-state index is 6.29. The van der Waals surface area contributed by atoms with Crippen LogP contribution in [0.2, 0.25) is 0 Å². The van der Waals surface area contributed by atoms with Crippen molar-refractivity contribution in [2.75, 3.05) is 32.8 Å². The van der Waals surface area contributed by atoms with E-state index in [0.717, 1.165) is 32.1 Å². The minimum atomic E-state index is -0.0545.